The molecule has 0 aromatic heterocycles. The minimum atomic E-state index is -0.258. The van der Waals surface area contributed by atoms with Gasteiger partial charge in [0.15, 0.2) is 0 Å². The summed E-state index contributed by atoms with van der Waals surface area (Å²) in [5.74, 6) is 1.79. The third-order valence-corrected chi connectivity index (χ3v) is 7.53. The Balaban J connectivity index is 1.46. The second-order valence-electron chi connectivity index (χ2n) is 6.82. The first-order valence-corrected chi connectivity index (χ1v) is 11.1. The monoisotopic (exact) mass is 461 g/mol. The van der Waals surface area contributed by atoms with Gasteiger partial charge in [-0.05, 0) is 0 Å². The van der Waals surface area contributed by atoms with E-state index in [1.54, 1.807) is 0 Å². The summed E-state index contributed by atoms with van der Waals surface area (Å²) in [4.78, 5) is 0. The Morgan fingerprint density at radius 1 is 0.778 bits per heavy atom. The van der Waals surface area contributed by atoms with E-state index < -0.39 is 0 Å². The van der Waals surface area contributed by atoms with Gasteiger partial charge in [-0.1, -0.05) is 0 Å². The minimum absolute atomic E-state index is 0.258. The molecule has 2 heteroatoms. The molecule has 1 aliphatic heterocycles. The zero-order valence-electron chi connectivity index (χ0n) is 14.8. The van der Waals surface area contributed by atoms with Crippen molar-refractivity contribution in [1.82, 2.24) is 0 Å². The van der Waals surface area contributed by atoms with E-state index in [1.165, 1.54) is 23.8 Å². The van der Waals surface area contributed by atoms with Crippen LogP contribution >= 0.6 is 0 Å². The molecule has 3 aromatic carbocycles. The van der Waals surface area contributed by atoms with Crippen LogP contribution in [0.15, 0.2) is 85.5 Å². The zero-order chi connectivity index (χ0) is 18.4. The van der Waals surface area contributed by atoms with Gasteiger partial charge in [-0.25, -0.2) is 0 Å². The van der Waals surface area contributed by atoms with Gasteiger partial charge >= 0.3 is 170 Å². The predicted octanol–water partition coefficient (Wildman–Crippen LogP) is 3.11. The molecular weight excluding hydrogens is 443 g/mol. The van der Waals surface area contributed by atoms with E-state index >= 15 is 0 Å². The number of halogens is 1. The normalized spacial score (nSPS) is 14.4. The van der Waals surface area contributed by atoms with Crippen molar-refractivity contribution in [2.75, 3.05) is 0 Å². The van der Waals surface area contributed by atoms with E-state index in [0.717, 1.165) is 34.6 Å². The maximum atomic E-state index is 6.07. The molecule has 132 valence electrons. The number of benzene rings is 3. The molecule has 0 saturated heterocycles. The van der Waals surface area contributed by atoms with Crippen LogP contribution in [0.5, 0.6) is 11.5 Å². The van der Waals surface area contributed by atoms with Gasteiger partial charge in [-0.2, -0.15) is 0 Å². The fourth-order valence-corrected chi connectivity index (χ4v) is 5.98. The van der Waals surface area contributed by atoms with Crippen molar-refractivity contribution in [3.05, 3.63) is 115 Å². The average molecular weight is 461 g/mol. The average Bonchev–Trinajstić information content (AvgIpc) is 2.68. The van der Waals surface area contributed by atoms with Crippen LogP contribution in [-0.2, 0) is 6.42 Å². The van der Waals surface area contributed by atoms with Crippen molar-refractivity contribution >= 4 is 11.6 Å². The molecule has 0 amide bonds. The summed E-state index contributed by atoms with van der Waals surface area (Å²) in [6.07, 6.45) is 5.24. The topological polar surface area (TPSA) is 9.23 Å². The van der Waals surface area contributed by atoms with Crippen LogP contribution in [0.2, 0.25) is 0 Å². The molecule has 1 heterocycles. The fourth-order valence-electron chi connectivity index (χ4n) is 3.54. The van der Waals surface area contributed by atoms with Crippen LogP contribution in [0.4, 0.5) is 0 Å². The third-order valence-electron chi connectivity index (χ3n) is 4.94. The van der Waals surface area contributed by atoms with E-state index in [9.17, 15) is 0 Å². The Morgan fingerprint density at radius 2 is 1.56 bits per heavy atom. The molecular formula is C25H18IO-. The van der Waals surface area contributed by atoms with Gasteiger partial charge < -0.3 is 0 Å². The molecule has 2 aliphatic rings. The van der Waals surface area contributed by atoms with Crippen LogP contribution in [-0.4, -0.2) is 0 Å². The number of rotatable bonds is 2. The van der Waals surface area contributed by atoms with Crippen LogP contribution in [0.1, 0.15) is 22.3 Å². The number of hydrogen-bond donors (Lipinski definition) is 0. The van der Waals surface area contributed by atoms with Crippen LogP contribution < -0.4 is 25.9 Å². The Hall–Kier alpha value is -2.59. The molecule has 1 aliphatic carbocycles. The van der Waals surface area contributed by atoms with Crippen molar-refractivity contribution < 1.29 is 25.9 Å². The van der Waals surface area contributed by atoms with Gasteiger partial charge in [0.25, 0.3) is 0 Å². The van der Waals surface area contributed by atoms with Gasteiger partial charge in [-0.15, -0.1) is 0 Å². The summed E-state index contributed by atoms with van der Waals surface area (Å²) < 4.78 is 8.88. The van der Waals surface area contributed by atoms with E-state index in [4.69, 9.17) is 4.74 Å². The summed E-state index contributed by atoms with van der Waals surface area (Å²) in [5.41, 5.74) is 7.13. The SMILES string of the molecule is C=C1C=Cc2ccc([I-]c3ccc4c(c3)C(=C)c3ccccc3O4)cc2C1. The van der Waals surface area contributed by atoms with Crippen molar-refractivity contribution in [3.8, 4) is 11.5 Å². The molecule has 5 rings (SSSR count). The Kier molecular flexibility index (Phi) is 4.01. The van der Waals surface area contributed by atoms with Gasteiger partial charge in [0, 0.05) is 0 Å². The fraction of sp³-hybridized carbons (Fsp3) is 0.0400. The molecule has 0 saturated carbocycles. The first-order chi connectivity index (χ1) is 13.2. The number of ether oxygens (including phenoxy) is 1. The molecule has 0 spiro atoms. The van der Waals surface area contributed by atoms with Crippen LogP contribution in [0.25, 0.3) is 11.6 Å². The molecule has 1 nitrogen and oxygen atoms in total. The zero-order valence-corrected chi connectivity index (χ0v) is 17.0. The van der Waals surface area contributed by atoms with Crippen molar-refractivity contribution in [1.29, 1.82) is 0 Å². The second kappa shape index (κ2) is 6.54. The maximum absolute atomic E-state index is 6.07. The predicted molar refractivity (Wildman–Crippen MR) is 107 cm³/mol. The number of fused-ring (bicyclic) bond motifs is 3. The summed E-state index contributed by atoms with van der Waals surface area (Å²) in [6, 6.07) is 21.5. The van der Waals surface area contributed by atoms with Crippen molar-refractivity contribution in [2.24, 2.45) is 0 Å². The quantitative estimate of drug-likeness (QED) is 0.417. The molecule has 0 radical (unpaired) electrons. The summed E-state index contributed by atoms with van der Waals surface area (Å²) in [6.45, 7) is 8.43. The molecule has 27 heavy (non-hydrogen) atoms. The van der Waals surface area contributed by atoms with Crippen LogP contribution in [0.3, 0.4) is 0 Å². The first kappa shape index (κ1) is 16.6. The van der Waals surface area contributed by atoms with E-state index in [0.29, 0.717) is 0 Å². The van der Waals surface area contributed by atoms with Crippen LogP contribution in [0, 0.1) is 7.14 Å². The Bertz CT molecular complexity index is 1140. The number of hydrogen-bond acceptors (Lipinski definition) is 1. The first-order valence-electron chi connectivity index (χ1n) is 8.91. The standard InChI is InChI=1S/C25H18IO/c1-16-7-8-18-9-10-20(14-19(18)13-16)26-21-11-12-25-23(15-21)17(2)22-5-3-4-6-24(22)27-25/h3-12,14-15H,1-2,13H2/q-1. The Morgan fingerprint density at radius 3 is 2.48 bits per heavy atom. The summed E-state index contributed by atoms with van der Waals surface area (Å²) >= 11 is -0.258. The molecule has 3 aromatic rings. The molecule has 0 atom stereocenters. The molecule has 0 fully saturated rings. The molecule has 0 unspecified atom stereocenters. The van der Waals surface area contributed by atoms with E-state index in [2.05, 4.69) is 67.8 Å². The second-order valence-corrected chi connectivity index (χ2v) is 9.85. The van der Waals surface area contributed by atoms with Gasteiger partial charge in [0.05, 0.1) is 0 Å². The molecule has 0 N–H and O–H groups in total. The number of allylic oxidation sites excluding steroid dienone is 2. The van der Waals surface area contributed by atoms with Gasteiger partial charge in [0.1, 0.15) is 0 Å². The van der Waals surface area contributed by atoms with Gasteiger partial charge in [0.2, 0.25) is 0 Å². The Labute approximate surface area is 170 Å². The van der Waals surface area contributed by atoms with Crippen molar-refractivity contribution in [2.45, 2.75) is 6.42 Å². The van der Waals surface area contributed by atoms with E-state index in [1.807, 2.05) is 18.2 Å². The van der Waals surface area contributed by atoms with E-state index in [-0.39, 0.29) is 21.2 Å². The summed E-state index contributed by atoms with van der Waals surface area (Å²) in [7, 11) is 0. The van der Waals surface area contributed by atoms with Crippen molar-refractivity contribution in [3.63, 3.8) is 0 Å². The summed E-state index contributed by atoms with van der Waals surface area (Å²) in [5, 5.41) is 0. The molecule has 0 bridgehead atoms. The number of para-hydroxylation sites is 1. The third kappa shape index (κ3) is 3.04. The van der Waals surface area contributed by atoms with Gasteiger partial charge in [-0.3, -0.25) is 0 Å².